The van der Waals surface area contributed by atoms with E-state index in [9.17, 15) is 13.2 Å². The highest BCUT2D eigenvalue weighted by Crippen LogP contribution is 2.33. The van der Waals surface area contributed by atoms with E-state index in [1.807, 2.05) is 13.0 Å². The molecule has 2 aromatic carbocycles. The van der Waals surface area contributed by atoms with Gasteiger partial charge in [-0.15, -0.1) is 11.3 Å². The predicted octanol–water partition coefficient (Wildman–Crippen LogP) is 4.45. The van der Waals surface area contributed by atoms with Gasteiger partial charge in [-0.25, -0.2) is 18.4 Å². The number of hydrogen-bond donors (Lipinski definition) is 1. The highest BCUT2D eigenvalue weighted by atomic mass is 32.2. The third-order valence-electron chi connectivity index (χ3n) is 4.30. The highest BCUT2D eigenvalue weighted by Gasteiger charge is 2.15. The number of rotatable bonds is 5. The van der Waals surface area contributed by atoms with Crippen LogP contribution in [0.2, 0.25) is 0 Å². The van der Waals surface area contributed by atoms with E-state index in [1.54, 1.807) is 42.0 Å². The van der Waals surface area contributed by atoms with Crippen LogP contribution in [0.5, 0.6) is 11.5 Å². The molecule has 4 rings (SSSR count). The van der Waals surface area contributed by atoms with Crippen molar-refractivity contribution in [2.45, 2.75) is 11.8 Å². The van der Waals surface area contributed by atoms with Gasteiger partial charge >= 0.3 is 0 Å². The molecule has 9 heteroatoms. The fourth-order valence-electron chi connectivity index (χ4n) is 2.76. The molecule has 0 aliphatic rings. The molecule has 0 fully saturated rings. The summed E-state index contributed by atoms with van der Waals surface area (Å²) in [7, 11) is -3.29. The third kappa shape index (κ3) is 4.32. The van der Waals surface area contributed by atoms with Gasteiger partial charge in [-0.3, -0.25) is 4.79 Å². The molecule has 2 aromatic heterocycles. The standard InChI is InChI=1S/C21H17N3O4S2/c1-13-3-8-19(22-11-13)24-21(25)14-9-17(20-18(10-14)29-12-23-20)28-15-4-6-16(7-5-15)30(2,26)27/h3-12H,1-2H3,(H,22,24,25). The van der Waals surface area contributed by atoms with Crippen molar-refractivity contribution in [1.82, 2.24) is 9.97 Å². The molecule has 152 valence electrons. The number of pyridine rings is 1. The van der Waals surface area contributed by atoms with Crippen molar-refractivity contribution in [3.63, 3.8) is 0 Å². The van der Waals surface area contributed by atoms with Crippen molar-refractivity contribution in [3.8, 4) is 11.5 Å². The number of aromatic nitrogens is 2. The van der Waals surface area contributed by atoms with E-state index in [-0.39, 0.29) is 10.8 Å². The topological polar surface area (TPSA) is 98.2 Å². The molecule has 30 heavy (non-hydrogen) atoms. The fourth-order valence-corrected chi connectivity index (χ4v) is 4.12. The first-order valence-corrected chi connectivity index (χ1v) is 11.7. The van der Waals surface area contributed by atoms with E-state index in [4.69, 9.17) is 4.74 Å². The van der Waals surface area contributed by atoms with Gasteiger partial charge in [0, 0.05) is 18.0 Å². The van der Waals surface area contributed by atoms with Crippen LogP contribution >= 0.6 is 11.3 Å². The summed E-state index contributed by atoms with van der Waals surface area (Å²) < 4.78 is 30.0. The number of anilines is 1. The maximum absolute atomic E-state index is 12.7. The van der Waals surface area contributed by atoms with Crippen molar-refractivity contribution < 1.29 is 17.9 Å². The lowest BCUT2D eigenvalue weighted by Gasteiger charge is -2.10. The Balaban J connectivity index is 1.64. The van der Waals surface area contributed by atoms with Gasteiger partial charge in [0.25, 0.3) is 5.91 Å². The van der Waals surface area contributed by atoms with Crippen LogP contribution in [0, 0.1) is 6.92 Å². The Kier molecular flexibility index (Phi) is 5.23. The number of aryl methyl sites for hydroxylation is 1. The summed E-state index contributed by atoms with van der Waals surface area (Å²) >= 11 is 1.39. The minimum Gasteiger partial charge on any atom is -0.455 e. The number of fused-ring (bicyclic) bond motifs is 1. The number of thiazole rings is 1. The summed E-state index contributed by atoms with van der Waals surface area (Å²) in [6.45, 7) is 1.92. The zero-order valence-electron chi connectivity index (χ0n) is 16.1. The van der Waals surface area contributed by atoms with Crippen molar-refractivity contribution in [2.24, 2.45) is 0 Å². The molecule has 7 nitrogen and oxygen atoms in total. The number of hydrogen-bond acceptors (Lipinski definition) is 7. The Bertz CT molecular complexity index is 1330. The van der Waals surface area contributed by atoms with E-state index in [0.717, 1.165) is 16.5 Å². The maximum atomic E-state index is 12.7. The van der Waals surface area contributed by atoms with Crippen LogP contribution in [0.25, 0.3) is 10.2 Å². The number of ether oxygens (including phenoxy) is 1. The van der Waals surface area contributed by atoms with Crippen LogP contribution in [-0.4, -0.2) is 30.5 Å². The lowest BCUT2D eigenvalue weighted by Crippen LogP contribution is -2.13. The minimum atomic E-state index is -3.29. The number of nitrogens with one attached hydrogen (secondary N) is 1. The van der Waals surface area contributed by atoms with Crippen molar-refractivity contribution in [2.75, 3.05) is 11.6 Å². The largest absolute Gasteiger partial charge is 0.455 e. The second kappa shape index (κ2) is 7.85. The number of carbonyl (C=O) groups excluding carboxylic acids is 1. The molecular formula is C21H17N3O4S2. The van der Waals surface area contributed by atoms with E-state index >= 15 is 0 Å². The zero-order chi connectivity index (χ0) is 21.3. The summed E-state index contributed by atoms with van der Waals surface area (Å²) in [4.78, 5) is 21.4. The van der Waals surface area contributed by atoms with E-state index < -0.39 is 9.84 Å². The lowest BCUT2D eigenvalue weighted by atomic mass is 10.2. The summed E-state index contributed by atoms with van der Waals surface area (Å²) in [5.74, 6) is 0.977. The summed E-state index contributed by atoms with van der Waals surface area (Å²) in [5, 5.41) is 2.77. The lowest BCUT2D eigenvalue weighted by molar-refractivity contribution is 0.102. The van der Waals surface area contributed by atoms with Crippen LogP contribution in [0.3, 0.4) is 0 Å². The first kappa shape index (κ1) is 20.0. The summed E-state index contributed by atoms with van der Waals surface area (Å²) in [6, 6.07) is 13.0. The maximum Gasteiger partial charge on any atom is 0.257 e. The van der Waals surface area contributed by atoms with Gasteiger partial charge < -0.3 is 10.1 Å². The Labute approximate surface area is 177 Å². The first-order valence-electron chi connectivity index (χ1n) is 8.89. The Morgan fingerprint density at radius 1 is 1.07 bits per heavy atom. The molecule has 0 saturated carbocycles. The van der Waals surface area contributed by atoms with Crippen LogP contribution in [0.15, 0.2) is 65.1 Å². The average molecular weight is 440 g/mol. The van der Waals surface area contributed by atoms with E-state index in [1.165, 1.54) is 23.5 Å². The Morgan fingerprint density at radius 2 is 1.83 bits per heavy atom. The average Bonchev–Trinajstić information content (AvgIpc) is 3.18. The van der Waals surface area contributed by atoms with Crippen LogP contribution in [0.1, 0.15) is 15.9 Å². The van der Waals surface area contributed by atoms with Gasteiger partial charge in [-0.1, -0.05) is 6.07 Å². The van der Waals surface area contributed by atoms with Gasteiger partial charge in [0.2, 0.25) is 0 Å². The van der Waals surface area contributed by atoms with E-state index in [2.05, 4.69) is 15.3 Å². The van der Waals surface area contributed by atoms with Gasteiger partial charge in [0.05, 0.1) is 15.1 Å². The Morgan fingerprint density at radius 3 is 2.50 bits per heavy atom. The summed E-state index contributed by atoms with van der Waals surface area (Å²) in [5.41, 5.74) is 3.69. The molecule has 0 bridgehead atoms. The summed E-state index contributed by atoms with van der Waals surface area (Å²) in [6.07, 6.45) is 2.82. The van der Waals surface area contributed by atoms with Gasteiger partial charge in [0.15, 0.2) is 15.6 Å². The molecule has 1 amide bonds. The zero-order valence-corrected chi connectivity index (χ0v) is 17.8. The number of carbonyl (C=O) groups is 1. The second-order valence-electron chi connectivity index (χ2n) is 6.69. The molecule has 0 atom stereocenters. The number of amides is 1. The first-order chi connectivity index (χ1) is 14.3. The molecule has 0 saturated heterocycles. The van der Waals surface area contributed by atoms with Crippen molar-refractivity contribution in [3.05, 3.63) is 71.4 Å². The van der Waals surface area contributed by atoms with Gasteiger partial charge in [-0.2, -0.15) is 0 Å². The second-order valence-corrected chi connectivity index (χ2v) is 9.60. The number of nitrogens with zero attached hydrogens (tertiary/aromatic N) is 2. The minimum absolute atomic E-state index is 0.201. The third-order valence-corrected chi connectivity index (χ3v) is 6.20. The smallest absolute Gasteiger partial charge is 0.257 e. The van der Waals surface area contributed by atoms with Crippen LogP contribution in [-0.2, 0) is 9.84 Å². The van der Waals surface area contributed by atoms with Crippen LogP contribution < -0.4 is 10.1 Å². The SMILES string of the molecule is Cc1ccc(NC(=O)c2cc(Oc3ccc(S(C)(=O)=O)cc3)c3ncsc3c2)nc1. The monoisotopic (exact) mass is 439 g/mol. The normalized spacial score (nSPS) is 11.4. The molecule has 0 spiro atoms. The molecule has 0 unspecified atom stereocenters. The predicted molar refractivity (Wildman–Crippen MR) is 116 cm³/mol. The van der Waals surface area contributed by atoms with Gasteiger partial charge in [-0.05, 0) is 55.0 Å². The fraction of sp³-hybridized carbons (Fsp3) is 0.0952. The molecule has 0 aliphatic heterocycles. The molecule has 1 N–H and O–H groups in total. The molecule has 2 heterocycles. The molecule has 0 radical (unpaired) electrons. The van der Waals surface area contributed by atoms with Crippen molar-refractivity contribution in [1.29, 1.82) is 0 Å². The Hall–Kier alpha value is -3.30. The quantitative estimate of drug-likeness (QED) is 0.493. The number of sulfone groups is 1. The van der Waals surface area contributed by atoms with Crippen LogP contribution in [0.4, 0.5) is 5.82 Å². The van der Waals surface area contributed by atoms with Crippen molar-refractivity contribution >= 4 is 43.1 Å². The van der Waals surface area contributed by atoms with Gasteiger partial charge in [0.1, 0.15) is 17.1 Å². The van der Waals surface area contributed by atoms with E-state index in [0.29, 0.717) is 28.4 Å². The molecule has 4 aromatic rings. The number of benzene rings is 2. The molecule has 0 aliphatic carbocycles. The highest BCUT2D eigenvalue weighted by molar-refractivity contribution is 7.90. The molecular weight excluding hydrogens is 422 g/mol.